The van der Waals surface area contributed by atoms with Crippen LogP contribution >= 0.6 is 0 Å². The summed E-state index contributed by atoms with van der Waals surface area (Å²) in [6.45, 7) is 9.59. The number of rotatable bonds is 6. The predicted octanol–water partition coefficient (Wildman–Crippen LogP) is 13.9. The molecule has 10 rings (SSSR count). The van der Waals surface area contributed by atoms with E-state index < -0.39 is 0 Å². The van der Waals surface area contributed by atoms with Crippen LogP contribution < -0.4 is 4.90 Å². The van der Waals surface area contributed by atoms with E-state index in [2.05, 4.69) is 219 Å². The van der Waals surface area contributed by atoms with E-state index in [1.807, 2.05) is 0 Å². The van der Waals surface area contributed by atoms with E-state index in [0.29, 0.717) is 0 Å². The van der Waals surface area contributed by atoms with Gasteiger partial charge >= 0.3 is 0 Å². The SMILES string of the molecule is CC1(C)C2=C(c3ccccc31)C(C)(C)c1cc(/C=C/c3ccc4c(c3)c3cc(N(c5ccccc5)c5ccccc5)ccc3n4-c3ccccc3)ccc12. The van der Waals surface area contributed by atoms with Gasteiger partial charge in [-0.2, -0.15) is 0 Å². The predicted molar refractivity (Wildman–Crippen MR) is 230 cm³/mol. The molecule has 0 unspecified atom stereocenters. The number of hydrogen-bond donors (Lipinski definition) is 0. The Morgan fingerprint density at radius 3 is 1.59 bits per heavy atom. The number of nitrogens with zero attached hydrogens (tertiary/aromatic N) is 2. The first-order valence-electron chi connectivity index (χ1n) is 19.0. The zero-order chi connectivity index (χ0) is 36.6. The summed E-state index contributed by atoms with van der Waals surface area (Å²) in [5.41, 5.74) is 17.9. The molecule has 2 nitrogen and oxygen atoms in total. The van der Waals surface area contributed by atoms with Crippen molar-refractivity contribution < 1.29 is 0 Å². The van der Waals surface area contributed by atoms with Crippen molar-refractivity contribution in [3.63, 3.8) is 0 Å². The lowest BCUT2D eigenvalue weighted by Crippen LogP contribution is -2.19. The Hall–Kier alpha value is -6.38. The second kappa shape index (κ2) is 12.1. The fraction of sp³-hybridized carbons (Fsp3) is 0.115. The Kier molecular flexibility index (Phi) is 7.22. The molecule has 1 heterocycles. The number of benzene rings is 7. The third-order valence-electron chi connectivity index (χ3n) is 11.9. The normalized spacial score (nSPS) is 15.2. The highest BCUT2D eigenvalue weighted by Crippen LogP contribution is 2.62. The van der Waals surface area contributed by atoms with E-state index in [-0.39, 0.29) is 10.8 Å². The molecule has 2 aliphatic rings. The van der Waals surface area contributed by atoms with Crippen LogP contribution in [-0.2, 0) is 10.8 Å². The van der Waals surface area contributed by atoms with E-state index in [0.717, 1.165) is 22.7 Å². The van der Waals surface area contributed by atoms with Crippen molar-refractivity contribution in [3.8, 4) is 5.69 Å². The minimum Gasteiger partial charge on any atom is -0.310 e. The van der Waals surface area contributed by atoms with Gasteiger partial charge < -0.3 is 9.47 Å². The molecule has 260 valence electrons. The van der Waals surface area contributed by atoms with E-state index in [4.69, 9.17) is 0 Å². The molecule has 0 atom stereocenters. The summed E-state index contributed by atoms with van der Waals surface area (Å²) in [6.07, 6.45) is 4.56. The van der Waals surface area contributed by atoms with Gasteiger partial charge in [0.1, 0.15) is 0 Å². The van der Waals surface area contributed by atoms with Gasteiger partial charge in [-0.3, -0.25) is 0 Å². The van der Waals surface area contributed by atoms with Crippen molar-refractivity contribution in [1.29, 1.82) is 0 Å². The molecule has 0 radical (unpaired) electrons. The first-order chi connectivity index (χ1) is 26.3. The van der Waals surface area contributed by atoms with Crippen LogP contribution in [0.4, 0.5) is 17.1 Å². The second-order valence-corrected chi connectivity index (χ2v) is 15.8. The van der Waals surface area contributed by atoms with Crippen LogP contribution in [0.3, 0.4) is 0 Å². The molecule has 0 saturated heterocycles. The Bertz CT molecular complexity index is 2760. The summed E-state index contributed by atoms with van der Waals surface area (Å²) in [5, 5.41) is 2.46. The van der Waals surface area contributed by atoms with Crippen molar-refractivity contribution >= 4 is 62.2 Å². The van der Waals surface area contributed by atoms with Gasteiger partial charge in [0.25, 0.3) is 0 Å². The maximum atomic E-state index is 2.43. The topological polar surface area (TPSA) is 8.17 Å². The number of hydrogen-bond acceptors (Lipinski definition) is 1. The molecule has 54 heavy (non-hydrogen) atoms. The largest absolute Gasteiger partial charge is 0.310 e. The summed E-state index contributed by atoms with van der Waals surface area (Å²) in [7, 11) is 0. The standard InChI is InChI=1S/C52H42N2/c1-51(2)45-23-15-14-22-41(45)49-50(51)42-29-26-36(33-46(42)52(49,3)4)25-24-35-27-30-47-43(32-35)44-34-40(28-31-48(44)54(47)39-20-12-7-13-21-39)53(37-16-8-5-9-17-37)38-18-10-6-11-19-38/h5-34H,1-4H3/b25-24+. The lowest BCUT2D eigenvalue weighted by Gasteiger charge is -2.28. The first kappa shape index (κ1) is 32.3. The average Bonchev–Trinajstić information content (AvgIpc) is 3.76. The van der Waals surface area contributed by atoms with Crippen LogP contribution in [0.15, 0.2) is 170 Å². The average molecular weight is 695 g/mol. The molecule has 0 N–H and O–H groups in total. The Balaban J connectivity index is 1.07. The van der Waals surface area contributed by atoms with Crippen LogP contribution in [0.1, 0.15) is 61.1 Å². The molecule has 2 heteroatoms. The van der Waals surface area contributed by atoms with E-state index >= 15 is 0 Å². The summed E-state index contributed by atoms with van der Waals surface area (Å²) in [5.74, 6) is 0. The molecule has 8 aromatic rings. The first-order valence-corrected chi connectivity index (χ1v) is 19.0. The van der Waals surface area contributed by atoms with Gasteiger partial charge in [-0.1, -0.05) is 143 Å². The van der Waals surface area contributed by atoms with Gasteiger partial charge in [-0.25, -0.2) is 0 Å². The molecule has 0 bridgehead atoms. The summed E-state index contributed by atoms with van der Waals surface area (Å²) in [6, 6.07) is 61.9. The number of fused-ring (bicyclic) bond motifs is 7. The van der Waals surface area contributed by atoms with Gasteiger partial charge in [0.2, 0.25) is 0 Å². The van der Waals surface area contributed by atoms with E-state index in [9.17, 15) is 0 Å². The summed E-state index contributed by atoms with van der Waals surface area (Å²) < 4.78 is 2.39. The molecule has 0 aliphatic heterocycles. The van der Waals surface area contributed by atoms with Gasteiger partial charge in [-0.05, 0) is 111 Å². The fourth-order valence-electron chi connectivity index (χ4n) is 9.40. The molecule has 0 fully saturated rings. The quantitative estimate of drug-likeness (QED) is 0.157. The zero-order valence-electron chi connectivity index (χ0n) is 31.2. The summed E-state index contributed by atoms with van der Waals surface area (Å²) in [4.78, 5) is 2.34. The van der Waals surface area contributed by atoms with Gasteiger partial charge in [-0.15, -0.1) is 0 Å². The number of aromatic nitrogens is 1. The van der Waals surface area contributed by atoms with Crippen molar-refractivity contribution in [2.75, 3.05) is 4.90 Å². The number of allylic oxidation sites excluding steroid dienone is 2. The molecule has 0 saturated carbocycles. The lowest BCUT2D eigenvalue weighted by atomic mass is 9.75. The smallest absolute Gasteiger partial charge is 0.0542 e. The lowest BCUT2D eigenvalue weighted by molar-refractivity contribution is 0.694. The van der Waals surface area contributed by atoms with Gasteiger partial charge in [0.15, 0.2) is 0 Å². The minimum atomic E-state index is -0.0678. The monoisotopic (exact) mass is 694 g/mol. The molecular weight excluding hydrogens is 653 g/mol. The molecule has 1 aromatic heterocycles. The maximum Gasteiger partial charge on any atom is 0.0542 e. The van der Waals surface area contributed by atoms with Crippen LogP contribution in [0.2, 0.25) is 0 Å². The molecule has 7 aromatic carbocycles. The third-order valence-corrected chi connectivity index (χ3v) is 11.9. The highest BCUT2D eigenvalue weighted by Gasteiger charge is 2.49. The van der Waals surface area contributed by atoms with E-state index in [1.165, 1.54) is 66.3 Å². The summed E-state index contributed by atoms with van der Waals surface area (Å²) >= 11 is 0. The minimum absolute atomic E-state index is 0.0147. The molecule has 2 aliphatic carbocycles. The fourth-order valence-corrected chi connectivity index (χ4v) is 9.40. The molecule has 0 spiro atoms. The van der Waals surface area contributed by atoms with Crippen molar-refractivity contribution in [3.05, 3.63) is 203 Å². The van der Waals surface area contributed by atoms with Gasteiger partial charge in [0.05, 0.1) is 11.0 Å². The third kappa shape index (κ3) is 4.87. The number of anilines is 3. The van der Waals surface area contributed by atoms with Crippen molar-refractivity contribution in [2.45, 2.75) is 38.5 Å². The zero-order valence-corrected chi connectivity index (χ0v) is 31.2. The van der Waals surface area contributed by atoms with Gasteiger partial charge in [0, 0.05) is 44.4 Å². The maximum absolute atomic E-state index is 2.43. The molecular formula is C52H42N2. The van der Waals surface area contributed by atoms with Crippen molar-refractivity contribution in [1.82, 2.24) is 4.57 Å². The van der Waals surface area contributed by atoms with Crippen LogP contribution in [0.25, 0.3) is 50.8 Å². The highest BCUT2D eigenvalue weighted by atomic mass is 15.1. The molecule has 0 amide bonds. The Morgan fingerprint density at radius 1 is 0.426 bits per heavy atom. The van der Waals surface area contributed by atoms with Crippen LogP contribution in [0, 0.1) is 0 Å². The highest BCUT2D eigenvalue weighted by molar-refractivity contribution is 6.12. The number of para-hydroxylation sites is 3. The van der Waals surface area contributed by atoms with Crippen LogP contribution in [-0.4, -0.2) is 4.57 Å². The van der Waals surface area contributed by atoms with E-state index in [1.54, 1.807) is 0 Å². The Labute approximate surface area is 318 Å². The van der Waals surface area contributed by atoms with Crippen LogP contribution in [0.5, 0.6) is 0 Å². The second-order valence-electron chi connectivity index (χ2n) is 15.8. The Morgan fingerprint density at radius 2 is 0.926 bits per heavy atom. The van der Waals surface area contributed by atoms with Crippen molar-refractivity contribution in [2.24, 2.45) is 0 Å².